The highest BCUT2D eigenvalue weighted by Crippen LogP contribution is 2.31. The zero-order chi connectivity index (χ0) is 15.0. The Labute approximate surface area is 135 Å². The molecule has 0 fully saturated rings. The lowest BCUT2D eigenvalue weighted by Crippen LogP contribution is -2.29. The second-order valence-electron chi connectivity index (χ2n) is 4.71. The van der Waals surface area contributed by atoms with Crippen molar-refractivity contribution in [3.8, 4) is 5.75 Å². The number of Topliss-reactive ketones (excluding diaryl/α,β-unsaturated/α-hetero) is 1. The molecule has 0 saturated heterocycles. The number of hydrogen-bond donors (Lipinski definition) is 0. The quantitative estimate of drug-likeness (QED) is 0.595. The van der Waals surface area contributed by atoms with Gasteiger partial charge in [0.25, 0.3) is 11.7 Å². The Balaban J connectivity index is 1.93. The number of benzene rings is 2. The van der Waals surface area contributed by atoms with Crippen LogP contribution in [0, 0.1) is 3.57 Å². The second kappa shape index (κ2) is 5.48. The van der Waals surface area contributed by atoms with Crippen LogP contribution in [-0.2, 0) is 11.3 Å². The van der Waals surface area contributed by atoms with E-state index in [-0.39, 0.29) is 0 Å². The molecule has 0 unspecified atom stereocenters. The summed E-state index contributed by atoms with van der Waals surface area (Å²) in [6.45, 7) is 0.377. The summed E-state index contributed by atoms with van der Waals surface area (Å²) in [4.78, 5) is 25.6. The highest BCUT2D eigenvalue weighted by atomic mass is 127. The fourth-order valence-corrected chi connectivity index (χ4v) is 3.20. The van der Waals surface area contributed by atoms with Gasteiger partial charge in [-0.25, -0.2) is 0 Å². The van der Waals surface area contributed by atoms with Gasteiger partial charge in [-0.1, -0.05) is 18.2 Å². The van der Waals surface area contributed by atoms with E-state index in [1.165, 1.54) is 4.90 Å². The second-order valence-corrected chi connectivity index (χ2v) is 5.87. The van der Waals surface area contributed by atoms with Gasteiger partial charge >= 0.3 is 0 Å². The van der Waals surface area contributed by atoms with Crippen molar-refractivity contribution in [2.75, 3.05) is 12.0 Å². The fraction of sp³-hybridized carbons (Fsp3) is 0.125. The van der Waals surface area contributed by atoms with E-state index in [0.717, 1.165) is 14.9 Å². The Morgan fingerprint density at radius 3 is 2.62 bits per heavy atom. The van der Waals surface area contributed by atoms with Gasteiger partial charge in [0.15, 0.2) is 0 Å². The van der Waals surface area contributed by atoms with Crippen LogP contribution in [0.1, 0.15) is 15.9 Å². The lowest BCUT2D eigenvalue weighted by molar-refractivity contribution is -0.114. The highest BCUT2D eigenvalue weighted by molar-refractivity contribution is 14.1. The molecule has 2 aromatic carbocycles. The van der Waals surface area contributed by atoms with Gasteiger partial charge < -0.3 is 9.64 Å². The number of methoxy groups -OCH3 is 1. The van der Waals surface area contributed by atoms with Crippen molar-refractivity contribution in [2.45, 2.75) is 6.54 Å². The molecule has 0 aromatic heterocycles. The van der Waals surface area contributed by atoms with Crippen LogP contribution in [0.2, 0.25) is 0 Å². The van der Waals surface area contributed by atoms with Crippen LogP contribution in [0.5, 0.6) is 5.75 Å². The molecule has 1 aliphatic rings. The average molecular weight is 393 g/mol. The van der Waals surface area contributed by atoms with Crippen LogP contribution in [0.25, 0.3) is 0 Å². The number of nitrogens with zero attached hydrogens (tertiary/aromatic N) is 1. The Morgan fingerprint density at radius 2 is 1.90 bits per heavy atom. The van der Waals surface area contributed by atoms with Gasteiger partial charge in [0.1, 0.15) is 5.75 Å². The van der Waals surface area contributed by atoms with Gasteiger partial charge in [-0.3, -0.25) is 9.59 Å². The van der Waals surface area contributed by atoms with Crippen LogP contribution in [0.3, 0.4) is 0 Å². The maximum absolute atomic E-state index is 12.1. The molecule has 0 N–H and O–H groups in total. The molecule has 106 valence electrons. The molecule has 0 atom stereocenters. The van der Waals surface area contributed by atoms with Gasteiger partial charge in [-0.05, 0) is 52.4 Å². The number of carbonyl (C=O) groups excluding carboxylic acids is 2. The molecular weight excluding hydrogens is 381 g/mol. The Morgan fingerprint density at radius 1 is 1.14 bits per heavy atom. The smallest absolute Gasteiger partial charge is 0.299 e. The number of fused-ring (bicyclic) bond motifs is 1. The first kappa shape index (κ1) is 14.1. The summed E-state index contributed by atoms with van der Waals surface area (Å²) >= 11 is 2.19. The minimum Gasteiger partial charge on any atom is -0.496 e. The number of hydrogen-bond acceptors (Lipinski definition) is 3. The molecular formula is C16H12INO3. The number of halogens is 1. The van der Waals surface area contributed by atoms with Gasteiger partial charge in [0, 0.05) is 0 Å². The van der Waals surface area contributed by atoms with Crippen molar-refractivity contribution in [1.29, 1.82) is 0 Å². The van der Waals surface area contributed by atoms with E-state index in [1.54, 1.807) is 25.3 Å². The topological polar surface area (TPSA) is 46.6 Å². The summed E-state index contributed by atoms with van der Waals surface area (Å²) in [6.07, 6.45) is 0. The number of rotatable bonds is 3. The summed E-state index contributed by atoms with van der Waals surface area (Å²) in [7, 11) is 1.62. The molecule has 1 amide bonds. The summed E-state index contributed by atoms with van der Waals surface area (Å²) in [5.74, 6) is -0.112. The average Bonchev–Trinajstić information content (AvgIpc) is 2.73. The van der Waals surface area contributed by atoms with Crippen molar-refractivity contribution < 1.29 is 14.3 Å². The zero-order valence-electron chi connectivity index (χ0n) is 11.3. The molecule has 5 heteroatoms. The van der Waals surface area contributed by atoms with Crippen molar-refractivity contribution in [1.82, 2.24) is 0 Å². The molecule has 2 aromatic rings. The Bertz CT molecular complexity index is 742. The first-order chi connectivity index (χ1) is 10.1. The van der Waals surface area contributed by atoms with Gasteiger partial charge in [0.05, 0.1) is 28.5 Å². The molecule has 0 spiro atoms. The van der Waals surface area contributed by atoms with E-state index in [4.69, 9.17) is 4.74 Å². The lowest BCUT2D eigenvalue weighted by atomic mass is 10.1. The molecule has 1 aliphatic heterocycles. The number of amides is 1. The number of carbonyl (C=O) groups is 2. The number of para-hydroxylation sites is 1. The molecule has 0 saturated carbocycles. The largest absolute Gasteiger partial charge is 0.496 e. The normalized spacial score (nSPS) is 13.5. The minimum atomic E-state index is -0.470. The van der Waals surface area contributed by atoms with Crippen molar-refractivity contribution in [3.05, 3.63) is 57.2 Å². The van der Waals surface area contributed by atoms with E-state index >= 15 is 0 Å². The lowest BCUT2D eigenvalue weighted by Gasteiger charge is -2.17. The third-order valence-corrected chi connectivity index (χ3v) is 4.28. The van der Waals surface area contributed by atoms with E-state index in [2.05, 4.69) is 22.6 Å². The number of anilines is 1. The summed E-state index contributed by atoms with van der Waals surface area (Å²) in [6, 6.07) is 12.8. The van der Waals surface area contributed by atoms with Crippen molar-refractivity contribution >= 4 is 40.0 Å². The van der Waals surface area contributed by atoms with Crippen LogP contribution < -0.4 is 9.64 Å². The predicted octanol–water partition coefficient (Wildman–Crippen LogP) is 3.03. The number of ketones is 1. The standard InChI is InChI=1S/C16H12INO3/c1-21-14-7-6-10(8-12(14)17)9-18-13-5-3-2-4-11(13)15(19)16(18)20/h2-8H,9H2,1H3. The molecule has 4 nitrogen and oxygen atoms in total. The van der Waals surface area contributed by atoms with Crippen molar-refractivity contribution in [2.24, 2.45) is 0 Å². The minimum absolute atomic E-state index is 0.377. The Kier molecular flexibility index (Phi) is 3.67. The molecule has 3 rings (SSSR count). The third-order valence-electron chi connectivity index (χ3n) is 3.44. The summed E-state index contributed by atoms with van der Waals surface area (Å²) in [5, 5.41) is 0. The third kappa shape index (κ3) is 2.42. The molecule has 0 radical (unpaired) electrons. The monoisotopic (exact) mass is 393 g/mol. The van der Waals surface area contributed by atoms with E-state index in [1.807, 2.05) is 24.3 Å². The van der Waals surface area contributed by atoms with E-state index in [9.17, 15) is 9.59 Å². The van der Waals surface area contributed by atoms with Crippen LogP contribution in [0.4, 0.5) is 5.69 Å². The molecule has 0 bridgehead atoms. The number of ether oxygens (including phenoxy) is 1. The van der Waals surface area contributed by atoms with Gasteiger partial charge in [-0.15, -0.1) is 0 Å². The Hall–Kier alpha value is -1.89. The highest BCUT2D eigenvalue weighted by Gasteiger charge is 2.35. The summed E-state index contributed by atoms with van der Waals surface area (Å²) < 4.78 is 6.19. The molecule has 21 heavy (non-hydrogen) atoms. The zero-order valence-corrected chi connectivity index (χ0v) is 13.5. The summed E-state index contributed by atoms with van der Waals surface area (Å²) in [5.41, 5.74) is 2.11. The SMILES string of the molecule is COc1ccc(CN2C(=O)C(=O)c3ccccc32)cc1I. The molecule has 0 aliphatic carbocycles. The van der Waals surface area contributed by atoms with Crippen molar-refractivity contribution in [3.63, 3.8) is 0 Å². The van der Waals surface area contributed by atoms with Crippen LogP contribution in [-0.4, -0.2) is 18.8 Å². The molecule has 1 heterocycles. The van der Waals surface area contributed by atoms with Gasteiger partial charge in [0.2, 0.25) is 0 Å². The van der Waals surface area contributed by atoms with Crippen LogP contribution in [0.15, 0.2) is 42.5 Å². The first-order valence-corrected chi connectivity index (χ1v) is 7.47. The fourth-order valence-electron chi connectivity index (χ4n) is 2.40. The van der Waals surface area contributed by atoms with E-state index in [0.29, 0.717) is 17.8 Å². The van der Waals surface area contributed by atoms with Gasteiger partial charge in [-0.2, -0.15) is 0 Å². The predicted molar refractivity (Wildman–Crippen MR) is 87.7 cm³/mol. The maximum atomic E-state index is 12.1. The first-order valence-electron chi connectivity index (χ1n) is 6.39. The van der Waals surface area contributed by atoms with E-state index < -0.39 is 11.7 Å². The maximum Gasteiger partial charge on any atom is 0.299 e. The van der Waals surface area contributed by atoms with Crippen LogP contribution >= 0.6 is 22.6 Å².